The molecule has 0 aliphatic rings. The van der Waals surface area contributed by atoms with Gasteiger partial charge in [-0.25, -0.2) is 0 Å². The molecule has 9 heteroatoms. The van der Waals surface area contributed by atoms with Crippen LogP contribution < -0.4 is 10.2 Å². The molecule has 0 aromatic carbocycles. The summed E-state index contributed by atoms with van der Waals surface area (Å²) in [6.07, 6.45) is 74.1. The Morgan fingerprint density at radius 1 is 0.522 bits per heavy atom. The zero-order valence-electron chi connectivity index (χ0n) is 44.7. The predicted octanol–water partition coefficient (Wildman–Crippen LogP) is 16.0. The van der Waals surface area contributed by atoms with Crippen LogP contribution in [0.4, 0.5) is 0 Å². The highest BCUT2D eigenvalue weighted by molar-refractivity contribution is 7.45. The second-order valence-electron chi connectivity index (χ2n) is 19.2. The largest absolute Gasteiger partial charge is 0.756 e. The minimum Gasteiger partial charge on any atom is -0.756 e. The lowest BCUT2D eigenvalue weighted by Gasteiger charge is -2.29. The fourth-order valence-corrected chi connectivity index (χ4v) is 7.87. The average Bonchev–Trinajstić information content (AvgIpc) is 3.31. The van der Waals surface area contributed by atoms with E-state index in [2.05, 4.69) is 129 Å². The molecule has 0 saturated heterocycles. The van der Waals surface area contributed by atoms with E-state index in [0.29, 0.717) is 17.4 Å². The van der Waals surface area contributed by atoms with Gasteiger partial charge in [0.2, 0.25) is 5.91 Å². The Kier molecular flexibility index (Phi) is 47.6. The van der Waals surface area contributed by atoms with Gasteiger partial charge in [-0.05, 0) is 89.9 Å². The smallest absolute Gasteiger partial charge is 0.268 e. The van der Waals surface area contributed by atoms with Gasteiger partial charge in [-0.1, -0.05) is 225 Å². The summed E-state index contributed by atoms with van der Waals surface area (Å²) in [6.45, 7) is 4.49. The van der Waals surface area contributed by atoms with Crippen LogP contribution in [0.1, 0.15) is 200 Å². The molecule has 3 unspecified atom stereocenters. The number of aliphatic hydroxyl groups excluding tert-OH is 1. The van der Waals surface area contributed by atoms with Crippen molar-refractivity contribution in [3.05, 3.63) is 122 Å². The van der Waals surface area contributed by atoms with Crippen molar-refractivity contribution in [2.24, 2.45) is 0 Å². The van der Waals surface area contributed by atoms with Crippen LogP contribution in [-0.4, -0.2) is 68.5 Å². The molecule has 3 atom stereocenters. The van der Waals surface area contributed by atoms with Gasteiger partial charge in [-0.3, -0.25) is 9.36 Å². The molecule has 394 valence electrons. The third-order valence-corrected chi connectivity index (χ3v) is 12.4. The Morgan fingerprint density at radius 2 is 0.884 bits per heavy atom. The van der Waals surface area contributed by atoms with Crippen molar-refractivity contribution in [1.29, 1.82) is 0 Å². The van der Waals surface area contributed by atoms with Gasteiger partial charge in [0, 0.05) is 6.42 Å². The van der Waals surface area contributed by atoms with Crippen LogP contribution in [0.3, 0.4) is 0 Å². The predicted molar refractivity (Wildman–Crippen MR) is 297 cm³/mol. The number of hydrogen-bond acceptors (Lipinski definition) is 6. The Hall–Kier alpha value is -3.10. The number of carbonyl (C=O) groups is 1. The fraction of sp³-hybridized carbons (Fsp3) is 0.650. The second-order valence-corrected chi connectivity index (χ2v) is 20.6. The number of aliphatic hydroxyl groups is 1. The van der Waals surface area contributed by atoms with E-state index in [0.717, 1.165) is 109 Å². The second kappa shape index (κ2) is 49.9. The lowest BCUT2D eigenvalue weighted by Crippen LogP contribution is -2.45. The van der Waals surface area contributed by atoms with Crippen LogP contribution in [0.25, 0.3) is 0 Å². The van der Waals surface area contributed by atoms with E-state index < -0.39 is 26.6 Å². The normalized spacial score (nSPS) is 14.9. The molecule has 8 nitrogen and oxygen atoms in total. The first kappa shape index (κ1) is 65.9. The van der Waals surface area contributed by atoms with Gasteiger partial charge >= 0.3 is 0 Å². The molecule has 0 aliphatic heterocycles. The van der Waals surface area contributed by atoms with Crippen molar-refractivity contribution in [2.45, 2.75) is 212 Å². The summed E-state index contributed by atoms with van der Waals surface area (Å²) < 4.78 is 23.2. The van der Waals surface area contributed by atoms with Gasteiger partial charge in [0.05, 0.1) is 39.9 Å². The third kappa shape index (κ3) is 52.6. The molecular weight excluding hydrogens is 876 g/mol. The van der Waals surface area contributed by atoms with Crippen molar-refractivity contribution in [2.75, 3.05) is 40.9 Å². The molecule has 0 aromatic rings. The molecule has 0 spiro atoms. The van der Waals surface area contributed by atoms with Gasteiger partial charge < -0.3 is 28.8 Å². The van der Waals surface area contributed by atoms with Crippen molar-refractivity contribution in [3.8, 4) is 0 Å². The SMILES string of the molecule is CC/C=C\C/C=C\C/C=C\C/C=C\C/C=C\C/C=C\C/C=C\C/C=C\C/C=C\CCCCCCCCCC(=O)NC(COP(=O)([O-])OCC[N+](C)(C)C)C(O)/C=C/CCCCCCCCCCCC. The van der Waals surface area contributed by atoms with Crippen molar-refractivity contribution >= 4 is 13.7 Å². The van der Waals surface area contributed by atoms with Crippen molar-refractivity contribution in [3.63, 3.8) is 0 Å². The summed E-state index contributed by atoms with van der Waals surface area (Å²) in [5.74, 6) is -0.215. The number of hydrogen-bond donors (Lipinski definition) is 2. The minimum atomic E-state index is -4.60. The minimum absolute atomic E-state index is 0.00965. The number of quaternary nitrogens is 1. The molecule has 0 fully saturated rings. The van der Waals surface area contributed by atoms with Crippen molar-refractivity contribution in [1.82, 2.24) is 5.32 Å². The molecule has 0 rings (SSSR count). The average molecular weight is 979 g/mol. The summed E-state index contributed by atoms with van der Waals surface area (Å²) >= 11 is 0. The molecule has 2 N–H and O–H groups in total. The number of rotatable bonds is 48. The van der Waals surface area contributed by atoms with E-state index in [1.165, 1.54) is 70.6 Å². The summed E-state index contributed by atoms with van der Waals surface area (Å²) in [5, 5.41) is 13.8. The number of phosphoric ester groups is 1. The first-order valence-electron chi connectivity index (χ1n) is 27.4. The van der Waals surface area contributed by atoms with Gasteiger partial charge in [0.25, 0.3) is 7.82 Å². The third-order valence-electron chi connectivity index (χ3n) is 11.4. The van der Waals surface area contributed by atoms with Gasteiger partial charge in [0.1, 0.15) is 13.2 Å². The van der Waals surface area contributed by atoms with Gasteiger partial charge in [0.15, 0.2) is 0 Å². The number of unbranched alkanes of at least 4 members (excludes halogenated alkanes) is 17. The maximum Gasteiger partial charge on any atom is 0.268 e. The van der Waals surface area contributed by atoms with Crippen LogP contribution in [0.2, 0.25) is 0 Å². The zero-order chi connectivity index (χ0) is 50.6. The molecule has 1 amide bonds. The van der Waals surface area contributed by atoms with Crippen LogP contribution >= 0.6 is 7.82 Å². The molecule has 0 saturated carbocycles. The Balaban J connectivity index is 4.19. The molecular formula is C60H103N2O6P. The van der Waals surface area contributed by atoms with Crippen LogP contribution in [0.5, 0.6) is 0 Å². The van der Waals surface area contributed by atoms with Crippen LogP contribution in [-0.2, 0) is 18.4 Å². The van der Waals surface area contributed by atoms with E-state index in [1.54, 1.807) is 6.08 Å². The monoisotopic (exact) mass is 979 g/mol. The zero-order valence-corrected chi connectivity index (χ0v) is 45.6. The van der Waals surface area contributed by atoms with E-state index >= 15 is 0 Å². The van der Waals surface area contributed by atoms with Crippen LogP contribution in [0, 0.1) is 0 Å². The van der Waals surface area contributed by atoms with E-state index in [9.17, 15) is 19.4 Å². The topological polar surface area (TPSA) is 108 Å². The molecule has 0 aliphatic carbocycles. The Morgan fingerprint density at radius 3 is 1.29 bits per heavy atom. The number of nitrogens with zero attached hydrogens (tertiary/aromatic N) is 1. The highest BCUT2D eigenvalue weighted by Gasteiger charge is 2.23. The standard InChI is InChI=1S/C60H103N2O6P/c1-6-8-10-12-14-16-18-20-21-22-23-24-25-26-27-28-29-30-31-32-33-34-35-36-37-38-39-40-41-42-44-46-48-50-52-54-60(64)61-58(57-68-69(65,66)67-56-55-62(3,4)5)59(63)53-51-49-47-45-43-19-17-15-13-11-9-7-2/h8,10,14,16,20-21,23-24,26-27,29-30,32-33,35-36,38-39,51,53,58-59,63H,6-7,9,11-13,15,17-19,22,25,28,31,34,37,40-50,52,54-57H2,1-5H3,(H-,61,64,65,66)/b10-8-,16-14-,21-20-,24-23-,27-26-,30-29-,33-32-,36-35-,39-38-,53-51+. The highest BCUT2D eigenvalue weighted by Crippen LogP contribution is 2.38. The van der Waals surface area contributed by atoms with E-state index in [-0.39, 0.29) is 12.5 Å². The molecule has 0 aromatic heterocycles. The van der Waals surface area contributed by atoms with Crippen LogP contribution in [0.15, 0.2) is 122 Å². The maximum atomic E-state index is 12.9. The maximum absolute atomic E-state index is 12.9. The molecule has 0 heterocycles. The number of phosphoric acid groups is 1. The number of allylic oxidation sites excluding steroid dienone is 19. The summed E-state index contributed by atoms with van der Waals surface area (Å²) in [5.41, 5.74) is 0. The summed E-state index contributed by atoms with van der Waals surface area (Å²) in [4.78, 5) is 25.4. The first-order valence-corrected chi connectivity index (χ1v) is 28.9. The number of carbonyl (C=O) groups excluding carboxylic acids is 1. The molecule has 0 bridgehead atoms. The number of amides is 1. The Bertz CT molecular complexity index is 1530. The van der Waals surface area contributed by atoms with E-state index in [1.807, 2.05) is 27.2 Å². The highest BCUT2D eigenvalue weighted by atomic mass is 31.2. The lowest BCUT2D eigenvalue weighted by atomic mass is 10.1. The fourth-order valence-electron chi connectivity index (χ4n) is 7.14. The quantitative estimate of drug-likeness (QED) is 0.0272. The number of likely N-dealkylation sites (N-methyl/N-ethyl adjacent to an activating group) is 1. The van der Waals surface area contributed by atoms with Gasteiger partial charge in [-0.15, -0.1) is 0 Å². The first-order chi connectivity index (χ1) is 33.5. The molecule has 69 heavy (non-hydrogen) atoms. The molecule has 0 radical (unpaired) electrons. The Labute approximate surface area is 424 Å². The van der Waals surface area contributed by atoms with Crippen molar-refractivity contribution < 1.29 is 32.9 Å². The lowest BCUT2D eigenvalue weighted by molar-refractivity contribution is -0.870. The van der Waals surface area contributed by atoms with E-state index in [4.69, 9.17) is 9.05 Å². The summed E-state index contributed by atoms with van der Waals surface area (Å²) in [7, 11) is 1.23. The summed E-state index contributed by atoms with van der Waals surface area (Å²) in [6, 6.07) is -0.900. The number of nitrogens with one attached hydrogen (secondary N) is 1. The van der Waals surface area contributed by atoms with Gasteiger partial charge in [-0.2, -0.15) is 0 Å².